The Morgan fingerprint density at radius 3 is 2.13 bits per heavy atom. The van der Waals surface area contributed by atoms with Crippen LogP contribution in [0.2, 0.25) is 0 Å². The Labute approximate surface area is 181 Å². The first kappa shape index (κ1) is 20.9. The zero-order chi connectivity index (χ0) is 22.2. The van der Waals surface area contributed by atoms with E-state index in [1.54, 1.807) is 0 Å². The molecule has 2 aromatic rings. The normalized spacial score (nSPS) is 17.0. The highest BCUT2D eigenvalue weighted by atomic mass is 16.5. The molecule has 2 aromatic carbocycles. The van der Waals surface area contributed by atoms with E-state index in [-0.39, 0.29) is 12.5 Å². The van der Waals surface area contributed by atoms with Crippen LogP contribution in [0.3, 0.4) is 0 Å². The van der Waals surface area contributed by atoms with Crippen LogP contribution < -0.4 is 5.32 Å². The lowest BCUT2D eigenvalue weighted by Gasteiger charge is -2.43. The number of nitrogens with one attached hydrogen (secondary N) is 1. The van der Waals surface area contributed by atoms with Crippen LogP contribution in [0.15, 0.2) is 48.5 Å². The molecule has 4 rings (SSSR count). The lowest BCUT2D eigenvalue weighted by atomic mass is 9.75. The highest BCUT2D eigenvalue weighted by molar-refractivity contribution is 5.93. The average Bonchev–Trinajstić information content (AvgIpc) is 3.07. The molecular formula is C24H26N2O5. The number of aliphatic carboxylic acids is 1. The number of carboxylic acid groups (broad SMARTS) is 1. The second kappa shape index (κ2) is 8.06. The summed E-state index contributed by atoms with van der Waals surface area (Å²) in [5.74, 6) is -1.56. The van der Waals surface area contributed by atoms with Crippen molar-refractivity contribution in [3.05, 3.63) is 59.7 Å². The fourth-order valence-corrected chi connectivity index (χ4v) is 4.43. The summed E-state index contributed by atoms with van der Waals surface area (Å²) in [5.41, 5.74) is 3.41. The second-order valence-corrected chi connectivity index (χ2v) is 8.32. The molecule has 0 aromatic heterocycles. The van der Waals surface area contributed by atoms with Gasteiger partial charge < -0.3 is 20.1 Å². The first-order valence-corrected chi connectivity index (χ1v) is 10.5. The number of carboxylic acids is 1. The van der Waals surface area contributed by atoms with Crippen molar-refractivity contribution < 1.29 is 24.2 Å². The van der Waals surface area contributed by atoms with Gasteiger partial charge in [0, 0.05) is 13.0 Å². The highest BCUT2D eigenvalue weighted by Crippen LogP contribution is 2.44. The molecule has 2 N–H and O–H groups in total. The molecule has 0 bridgehead atoms. The number of rotatable bonds is 6. The van der Waals surface area contributed by atoms with Crippen LogP contribution in [0, 0.1) is 0 Å². The van der Waals surface area contributed by atoms with Gasteiger partial charge in [0.05, 0.1) is 0 Å². The first-order chi connectivity index (χ1) is 14.8. The number of hydrogen-bond acceptors (Lipinski definition) is 4. The van der Waals surface area contributed by atoms with Crippen LogP contribution >= 0.6 is 0 Å². The number of carbonyl (C=O) groups is 3. The Balaban J connectivity index is 1.45. The molecule has 0 saturated heterocycles. The number of fused-ring (bicyclic) bond motifs is 3. The summed E-state index contributed by atoms with van der Waals surface area (Å²) in [4.78, 5) is 38.0. The van der Waals surface area contributed by atoms with E-state index in [0.717, 1.165) is 28.7 Å². The molecule has 0 spiro atoms. The smallest absolute Gasteiger partial charge is 0.408 e. The van der Waals surface area contributed by atoms with E-state index in [1.165, 1.54) is 18.9 Å². The summed E-state index contributed by atoms with van der Waals surface area (Å²) < 4.78 is 5.57. The van der Waals surface area contributed by atoms with Gasteiger partial charge in [0.15, 0.2) is 0 Å². The first-order valence-electron chi connectivity index (χ1n) is 10.5. The summed E-state index contributed by atoms with van der Waals surface area (Å²) in [6.45, 7) is 1.60. The van der Waals surface area contributed by atoms with Crippen molar-refractivity contribution in [3.63, 3.8) is 0 Å². The van der Waals surface area contributed by atoms with Crippen LogP contribution in [-0.4, -0.2) is 53.2 Å². The number of likely N-dealkylation sites (N-methyl/N-ethyl adjacent to an activating group) is 1. The zero-order valence-corrected chi connectivity index (χ0v) is 17.6. The Hall–Kier alpha value is -3.35. The molecule has 7 nitrogen and oxygen atoms in total. The maximum Gasteiger partial charge on any atom is 0.408 e. The van der Waals surface area contributed by atoms with Gasteiger partial charge >= 0.3 is 12.1 Å². The Morgan fingerprint density at radius 1 is 1.10 bits per heavy atom. The predicted molar refractivity (Wildman–Crippen MR) is 115 cm³/mol. The zero-order valence-electron chi connectivity index (χ0n) is 17.6. The number of hydrogen-bond donors (Lipinski definition) is 2. The molecule has 2 aliphatic rings. The minimum Gasteiger partial charge on any atom is -0.480 e. The minimum absolute atomic E-state index is 0.0686. The summed E-state index contributed by atoms with van der Waals surface area (Å²) in [6, 6.07) is 15.2. The van der Waals surface area contributed by atoms with E-state index >= 15 is 0 Å². The molecule has 1 atom stereocenters. The summed E-state index contributed by atoms with van der Waals surface area (Å²) >= 11 is 0. The summed E-state index contributed by atoms with van der Waals surface area (Å²) in [6.07, 6.45) is 1.05. The molecule has 162 valence electrons. The number of nitrogens with zero attached hydrogens (tertiary/aromatic N) is 1. The van der Waals surface area contributed by atoms with Gasteiger partial charge in [-0.25, -0.2) is 9.59 Å². The van der Waals surface area contributed by atoms with E-state index in [1.807, 2.05) is 36.4 Å². The number of amides is 2. The second-order valence-electron chi connectivity index (χ2n) is 8.32. The van der Waals surface area contributed by atoms with Crippen LogP contribution in [0.25, 0.3) is 11.1 Å². The molecule has 1 fully saturated rings. The van der Waals surface area contributed by atoms with Crippen molar-refractivity contribution in [2.45, 2.75) is 43.7 Å². The molecule has 2 amide bonds. The number of carbonyl (C=O) groups excluding carboxylic acids is 2. The Morgan fingerprint density at radius 2 is 1.65 bits per heavy atom. The molecule has 0 heterocycles. The van der Waals surface area contributed by atoms with Gasteiger partial charge in [-0.05, 0) is 48.4 Å². The fraction of sp³-hybridized carbons (Fsp3) is 0.375. The third-order valence-corrected chi connectivity index (χ3v) is 6.56. The third kappa shape index (κ3) is 3.65. The van der Waals surface area contributed by atoms with Gasteiger partial charge in [0.25, 0.3) is 0 Å². The van der Waals surface area contributed by atoms with Crippen molar-refractivity contribution in [2.24, 2.45) is 0 Å². The molecule has 7 heteroatoms. The van der Waals surface area contributed by atoms with Crippen molar-refractivity contribution in [1.82, 2.24) is 10.2 Å². The van der Waals surface area contributed by atoms with Crippen molar-refractivity contribution in [2.75, 3.05) is 13.7 Å². The SMILES string of the molecule is C[C@@H](C(=O)O)N(C)C(=O)C1(NC(=O)OCC2c3ccccc3-c3ccccc32)CCC1. The van der Waals surface area contributed by atoms with E-state index in [9.17, 15) is 19.5 Å². The van der Waals surface area contributed by atoms with E-state index in [2.05, 4.69) is 17.4 Å². The quantitative estimate of drug-likeness (QED) is 0.744. The lowest BCUT2D eigenvalue weighted by molar-refractivity contribution is -0.152. The van der Waals surface area contributed by atoms with Gasteiger partial charge in [-0.15, -0.1) is 0 Å². The van der Waals surface area contributed by atoms with E-state index in [4.69, 9.17) is 4.74 Å². The molecule has 0 radical (unpaired) electrons. The molecule has 2 aliphatic carbocycles. The largest absolute Gasteiger partial charge is 0.480 e. The topological polar surface area (TPSA) is 95.9 Å². The minimum atomic E-state index is -1.10. The molecular weight excluding hydrogens is 396 g/mol. The van der Waals surface area contributed by atoms with Crippen LogP contribution in [-0.2, 0) is 14.3 Å². The van der Waals surface area contributed by atoms with Crippen LogP contribution in [0.1, 0.15) is 43.2 Å². The molecule has 31 heavy (non-hydrogen) atoms. The van der Waals surface area contributed by atoms with Gasteiger partial charge in [0.2, 0.25) is 5.91 Å². The summed E-state index contributed by atoms with van der Waals surface area (Å²) in [7, 11) is 1.45. The highest BCUT2D eigenvalue weighted by Gasteiger charge is 2.48. The molecule has 0 unspecified atom stereocenters. The molecule has 0 aliphatic heterocycles. The van der Waals surface area contributed by atoms with Crippen molar-refractivity contribution >= 4 is 18.0 Å². The maximum atomic E-state index is 12.9. The van der Waals surface area contributed by atoms with Crippen molar-refractivity contribution in [3.8, 4) is 11.1 Å². The van der Waals surface area contributed by atoms with Gasteiger partial charge in [-0.1, -0.05) is 48.5 Å². The number of alkyl carbamates (subject to hydrolysis) is 1. The monoisotopic (exact) mass is 422 g/mol. The average molecular weight is 422 g/mol. The summed E-state index contributed by atoms with van der Waals surface area (Å²) in [5, 5.41) is 11.9. The van der Waals surface area contributed by atoms with E-state index < -0.39 is 29.6 Å². The van der Waals surface area contributed by atoms with E-state index in [0.29, 0.717) is 12.8 Å². The Bertz CT molecular complexity index is 985. The van der Waals surface area contributed by atoms with Crippen LogP contribution in [0.4, 0.5) is 4.79 Å². The van der Waals surface area contributed by atoms with Gasteiger partial charge in [-0.3, -0.25) is 4.79 Å². The van der Waals surface area contributed by atoms with Crippen molar-refractivity contribution in [1.29, 1.82) is 0 Å². The Kier molecular flexibility index (Phi) is 5.43. The molecule has 1 saturated carbocycles. The van der Waals surface area contributed by atoms with Gasteiger partial charge in [-0.2, -0.15) is 0 Å². The van der Waals surface area contributed by atoms with Gasteiger partial charge in [0.1, 0.15) is 18.2 Å². The van der Waals surface area contributed by atoms with Crippen LogP contribution in [0.5, 0.6) is 0 Å². The maximum absolute atomic E-state index is 12.9. The standard InChI is InChI=1S/C24H26N2O5/c1-15(21(27)28)26(2)22(29)24(12-7-13-24)25-23(30)31-14-20-18-10-5-3-8-16(18)17-9-4-6-11-19(17)20/h3-6,8-11,15,20H,7,12-14H2,1-2H3,(H,25,30)(H,27,28)/t15-/m0/s1. The predicted octanol–water partition coefficient (Wildman–Crippen LogP) is 3.38. The lowest BCUT2D eigenvalue weighted by Crippen LogP contribution is -2.64. The third-order valence-electron chi connectivity index (χ3n) is 6.56. The number of ether oxygens (including phenoxy) is 1. The number of benzene rings is 2. The fourth-order valence-electron chi connectivity index (χ4n) is 4.43.